The fourth-order valence-corrected chi connectivity index (χ4v) is 16.3. The summed E-state index contributed by atoms with van der Waals surface area (Å²) in [5.41, 5.74) is 5.84. The number of furan rings is 3. The molecule has 0 saturated heterocycles. The molecule has 9 heterocycles. The standard InChI is InChI=1S/C20H18O2.C17H14N2O2.C15H18N2O2.C13H10O3.C13H10O2S.C12H12N2O2.C11H8O4.C11H8O2S2/c1-13(21)19(14(2)22)12-20-17-9-5-3-7-15(17)11-16-8-4-6-10-18(16)20;1-12-15(16(20)13-8-4-2-5-9-13)17(21)19(18-12)14-10-6-3-7-11-14;1-10-12(13(18)15(2,3)4)14(19)17(16-10)11-8-6-5-7-9-11;2*14-11(10-5-2-1-3-6-10)9-12(15)13-7-4-8-16-13;1-8-11(9(2)15)12(16)14(13-8)10-6-4-3-5-7-10;2*12-8(10-3-1-5-14-10)7-9(13)11-4-2-6-15-11/h3-11,19H,12H2,1-2H3;2-11,18H,1H3;5-9,16H,1-4H3;2*1-8H,9H2;3-7,13H,1-2H3;2*1-6H,7H2. The number of nitrogens with one attached hydrogen (secondary N) is 3. The van der Waals surface area contributed by atoms with Gasteiger partial charge < -0.3 is 13.3 Å². The summed E-state index contributed by atoms with van der Waals surface area (Å²) in [6, 6.07) is 92.6. The van der Waals surface area contributed by atoms with Crippen molar-refractivity contribution in [2.24, 2.45) is 11.3 Å². The van der Waals surface area contributed by atoms with E-state index in [1.165, 1.54) is 99.7 Å². The zero-order valence-corrected chi connectivity index (χ0v) is 80.3. The van der Waals surface area contributed by atoms with Gasteiger partial charge in [0.2, 0.25) is 17.3 Å². The first-order valence-electron chi connectivity index (χ1n) is 44.0. The molecule has 0 bridgehead atoms. The number of fused-ring (bicyclic) bond motifs is 2. The van der Waals surface area contributed by atoms with Gasteiger partial charge in [-0.1, -0.05) is 233 Å². The summed E-state index contributed by atoms with van der Waals surface area (Å²) in [5.74, 6) is -2.30. The number of hydrogen-bond donors (Lipinski definition) is 3. The third kappa shape index (κ3) is 28.2. The van der Waals surface area contributed by atoms with Gasteiger partial charge in [-0.25, -0.2) is 14.0 Å². The highest BCUT2D eigenvalue weighted by atomic mass is 32.1. The second-order valence-corrected chi connectivity index (χ2v) is 35.4. The van der Waals surface area contributed by atoms with E-state index in [2.05, 4.69) is 45.6 Å². The van der Waals surface area contributed by atoms with E-state index >= 15 is 0 Å². The molecule has 28 heteroatoms. The number of rotatable bonds is 27. The van der Waals surface area contributed by atoms with Gasteiger partial charge >= 0.3 is 0 Å². The van der Waals surface area contributed by atoms with Crippen molar-refractivity contribution in [3.05, 3.63) is 463 Å². The lowest BCUT2D eigenvalue weighted by Crippen LogP contribution is -2.28. The summed E-state index contributed by atoms with van der Waals surface area (Å²) in [4.78, 5) is 191. The van der Waals surface area contributed by atoms with E-state index in [-0.39, 0.29) is 152 Å². The number of carbonyl (C=O) groups excluding carboxylic acids is 13. The van der Waals surface area contributed by atoms with E-state index in [0.717, 1.165) is 38.5 Å². The third-order valence-electron chi connectivity index (χ3n) is 21.3. The van der Waals surface area contributed by atoms with Gasteiger partial charge in [-0.05, 0) is 188 Å². The van der Waals surface area contributed by atoms with E-state index in [4.69, 9.17) is 13.3 Å². The summed E-state index contributed by atoms with van der Waals surface area (Å²) in [6.07, 6.45) is 4.20. The number of hydrogen-bond acceptors (Lipinski definition) is 22. The number of carbonyl (C=O) groups is 13. The Morgan fingerprint density at radius 3 is 0.929 bits per heavy atom. The molecule has 0 spiro atoms. The molecule has 25 nitrogen and oxygen atoms in total. The fraction of sp³-hybridized carbons (Fsp3) is 0.143. The number of H-pyrrole nitrogens is 3. The van der Waals surface area contributed by atoms with Crippen LogP contribution in [0.2, 0.25) is 0 Å². The van der Waals surface area contributed by atoms with Crippen LogP contribution in [0.4, 0.5) is 0 Å². The van der Waals surface area contributed by atoms with Crippen LogP contribution in [0.25, 0.3) is 38.6 Å². The molecule has 0 amide bonds. The van der Waals surface area contributed by atoms with Crippen LogP contribution >= 0.6 is 34.0 Å². The smallest absolute Gasteiger partial charge is 0.282 e. The topological polar surface area (TPSA) is 375 Å². The Kier molecular flexibility index (Phi) is 37.1. The summed E-state index contributed by atoms with van der Waals surface area (Å²) in [6.45, 7) is 15.0. The number of aryl methyl sites for hydroxylation is 3. The molecule has 9 aromatic heterocycles. The number of ketones is 13. The predicted molar refractivity (Wildman–Crippen MR) is 542 cm³/mol. The highest BCUT2D eigenvalue weighted by Gasteiger charge is 2.31. The van der Waals surface area contributed by atoms with Crippen molar-refractivity contribution in [2.75, 3.05) is 0 Å². The van der Waals surface area contributed by atoms with Gasteiger partial charge in [0.05, 0.1) is 82.1 Å². The van der Waals surface area contributed by atoms with Crippen molar-refractivity contribution < 1.29 is 75.6 Å². The molecule has 0 unspecified atom stereocenters. The predicted octanol–water partition coefficient (Wildman–Crippen LogP) is 22.9. The van der Waals surface area contributed by atoms with E-state index < -0.39 is 11.3 Å². The minimum absolute atomic E-state index is 0.0268. The molecule has 3 N–H and O–H groups in total. The maximum atomic E-state index is 12.5. The number of Topliss-reactive ketones (excluding diaryl/α,β-unsaturated/α-hetero) is 12. The molecule has 140 heavy (non-hydrogen) atoms. The SMILES string of the molecule is CC(=O)C(Cc1c2ccccc2cc2ccccc12)C(C)=O.CC(=O)c1c(C)[nH]n(-c2ccccc2)c1=O.Cc1[nH]n(-c2ccccc2)c(=O)c1C(=O)C(C)(C)C.Cc1[nH]n(-c2ccccc2)c(=O)c1C(=O)c1ccccc1.O=C(CC(=O)c1ccco1)c1ccccc1.O=C(CC(=O)c1ccco1)c1ccco1.O=C(CC(=O)c1cccs1)c1ccccc1.O=C(CC(=O)c1cccs1)c1cccs1. The second kappa shape index (κ2) is 50.1. The van der Waals surface area contributed by atoms with Gasteiger partial charge in [-0.2, -0.15) is 0 Å². The Labute approximate surface area is 816 Å². The first kappa shape index (κ1) is 104. The van der Waals surface area contributed by atoms with Crippen LogP contribution in [0.15, 0.2) is 372 Å². The molecule has 0 aliphatic rings. The Morgan fingerprint density at radius 1 is 0.321 bits per heavy atom. The number of para-hydroxylation sites is 3. The minimum atomic E-state index is -0.569. The van der Waals surface area contributed by atoms with Crippen LogP contribution in [-0.2, 0) is 16.0 Å². The summed E-state index contributed by atoms with van der Waals surface area (Å²) < 4.78 is 18.9. The van der Waals surface area contributed by atoms with Crippen molar-refractivity contribution in [2.45, 2.75) is 94.4 Å². The number of thiophene rings is 3. The van der Waals surface area contributed by atoms with Gasteiger partial charge in [-0.15, -0.1) is 34.0 Å². The molecule has 708 valence electrons. The largest absolute Gasteiger partial charge is 0.461 e. The normalized spacial score (nSPS) is 10.6. The lowest BCUT2D eigenvalue weighted by molar-refractivity contribution is -0.130. The molecule has 0 saturated carbocycles. The highest BCUT2D eigenvalue weighted by molar-refractivity contribution is 7.13. The molecular weight excluding hydrogens is 1830 g/mol. The number of aromatic nitrogens is 6. The van der Waals surface area contributed by atoms with Gasteiger partial charge in [0.1, 0.15) is 28.3 Å². The third-order valence-corrected chi connectivity index (χ3v) is 24.0. The Hall–Kier alpha value is -16.8. The number of nitrogens with zero attached hydrogens (tertiary/aromatic N) is 3. The Balaban J connectivity index is 0.000000154. The van der Waals surface area contributed by atoms with E-state index in [1.807, 2.05) is 176 Å². The summed E-state index contributed by atoms with van der Waals surface area (Å²) in [7, 11) is 0. The number of aromatic amines is 3. The average molecular weight is 1930 g/mol. The van der Waals surface area contributed by atoms with E-state index in [0.29, 0.717) is 60.5 Å². The lowest BCUT2D eigenvalue weighted by Gasteiger charge is -2.15. The van der Waals surface area contributed by atoms with Gasteiger partial charge in [0.15, 0.2) is 63.5 Å². The van der Waals surface area contributed by atoms with Crippen LogP contribution in [0, 0.1) is 32.1 Å². The monoisotopic (exact) mass is 1930 g/mol. The zero-order chi connectivity index (χ0) is 101. The van der Waals surface area contributed by atoms with E-state index in [1.54, 1.807) is 148 Å². The summed E-state index contributed by atoms with van der Waals surface area (Å²) in [5, 5.41) is 18.8. The molecule has 0 aliphatic heterocycles. The maximum Gasteiger partial charge on any atom is 0.282 e. The highest BCUT2D eigenvalue weighted by Crippen LogP contribution is 2.32. The van der Waals surface area contributed by atoms with Crippen LogP contribution in [0.1, 0.15) is 208 Å². The average Bonchev–Trinajstić information content (AvgIpc) is 0.970. The zero-order valence-electron chi connectivity index (χ0n) is 77.8. The molecule has 0 fully saturated rings. The van der Waals surface area contributed by atoms with Crippen molar-refractivity contribution >= 4 is 131 Å². The molecule has 18 rings (SSSR count). The molecule has 18 aromatic rings. The molecule has 0 atom stereocenters. The second-order valence-electron chi connectivity index (χ2n) is 32.6. The van der Waals surface area contributed by atoms with Crippen molar-refractivity contribution in [3.8, 4) is 17.1 Å². The number of benzene rings is 9. The molecular formula is C112H98N6O19S3. The van der Waals surface area contributed by atoms with Crippen molar-refractivity contribution in [3.63, 3.8) is 0 Å². The lowest BCUT2D eigenvalue weighted by atomic mass is 9.87. The summed E-state index contributed by atoms with van der Waals surface area (Å²) >= 11 is 4.11. The molecule has 0 radical (unpaired) electrons. The Morgan fingerprint density at radius 2 is 0.614 bits per heavy atom. The van der Waals surface area contributed by atoms with Crippen LogP contribution in [-0.4, -0.2) is 105 Å². The maximum absolute atomic E-state index is 12.5. The first-order valence-corrected chi connectivity index (χ1v) is 46.7. The first-order chi connectivity index (χ1) is 67.3. The molecule has 0 aliphatic carbocycles. The van der Waals surface area contributed by atoms with Crippen LogP contribution in [0.3, 0.4) is 0 Å². The van der Waals surface area contributed by atoms with Crippen LogP contribution in [0.5, 0.6) is 0 Å². The fourth-order valence-electron chi connectivity index (χ4n) is 14.3. The molecule has 9 aromatic carbocycles. The van der Waals surface area contributed by atoms with Crippen molar-refractivity contribution in [1.82, 2.24) is 29.3 Å². The Bertz CT molecular complexity index is 7150. The van der Waals surface area contributed by atoms with Crippen LogP contribution < -0.4 is 16.7 Å². The van der Waals surface area contributed by atoms with E-state index in [9.17, 15) is 76.7 Å². The van der Waals surface area contributed by atoms with Gasteiger partial charge in [0.25, 0.3) is 16.7 Å². The quantitative estimate of drug-likeness (QED) is 0.0244. The van der Waals surface area contributed by atoms with Gasteiger partial charge in [-0.3, -0.25) is 92.0 Å². The van der Waals surface area contributed by atoms with Crippen molar-refractivity contribution in [1.29, 1.82) is 0 Å². The minimum Gasteiger partial charge on any atom is -0.461 e. The van der Waals surface area contributed by atoms with Gasteiger partial charge in [0, 0.05) is 39.2 Å².